The molecule has 2 rings (SSSR count). The van der Waals surface area contributed by atoms with Crippen LogP contribution in [0.15, 0.2) is 34.6 Å². The number of hydrogen-bond donors (Lipinski definition) is 1. The molecule has 0 radical (unpaired) electrons. The number of rotatable bonds is 6. The van der Waals surface area contributed by atoms with Crippen LogP contribution in [0, 0.1) is 5.92 Å². The second kappa shape index (κ2) is 6.33. The highest BCUT2D eigenvalue weighted by Crippen LogP contribution is 2.21. The van der Waals surface area contributed by atoms with Crippen molar-refractivity contribution >= 4 is 27.3 Å². The summed E-state index contributed by atoms with van der Waals surface area (Å²) in [6, 6.07) is 4.25. The zero-order chi connectivity index (χ0) is 12.1. The van der Waals surface area contributed by atoms with Crippen LogP contribution in [0.25, 0.3) is 0 Å². The molecular formula is C12H16BrN3S. The minimum Gasteiger partial charge on any atom is -0.337 e. The Morgan fingerprint density at radius 3 is 3.06 bits per heavy atom. The van der Waals surface area contributed by atoms with Crippen molar-refractivity contribution in [3.8, 4) is 0 Å². The van der Waals surface area contributed by atoms with Crippen molar-refractivity contribution in [1.82, 2.24) is 14.9 Å². The minimum absolute atomic E-state index is 0.604. The fourth-order valence-electron chi connectivity index (χ4n) is 1.71. The molecule has 17 heavy (non-hydrogen) atoms. The maximum Gasteiger partial charge on any atom is 0.0946 e. The molecule has 0 aromatic carbocycles. The third kappa shape index (κ3) is 4.26. The van der Waals surface area contributed by atoms with Gasteiger partial charge in [-0.1, -0.05) is 6.92 Å². The van der Waals surface area contributed by atoms with Crippen molar-refractivity contribution in [2.45, 2.75) is 20.0 Å². The highest BCUT2D eigenvalue weighted by molar-refractivity contribution is 9.11. The molecule has 2 heterocycles. The highest BCUT2D eigenvalue weighted by atomic mass is 79.9. The average molecular weight is 314 g/mol. The van der Waals surface area contributed by atoms with Gasteiger partial charge in [-0.3, -0.25) is 0 Å². The Morgan fingerprint density at radius 2 is 2.41 bits per heavy atom. The first-order chi connectivity index (χ1) is 8.24. The monoisotopic (exact) mass is 313 g/mol. The molecule has 2 aromatic rings. The predicted molar refractivity (Wildman–Crippen MR) is 75.1 cm³/mol. The fraction of sp³-hybridized carbons (Fsp3) is 0.417. The minimum atomic E-state index is 0.604. The van der Waals surface area contributed by atoms with Gasteiger partial charge in [0.15, 0.2) is 0 Å². The molecule has 0 spiro atoms. The van der Waals surface area contributed by atoms with Gasteiger partial charge in [0.1, 0.15) is 0 Å². The van der Waals surface area contributed by atoms with E-state index in [1.165, 1.54) is 8.66 Å². The highest BCUT2D eigenvalue weighted by Gasteiger charge is 2.03. The van der Waals surface area contributed by atoms with Crippen LogP contribution >= 0.6 is 27.3 Å². The Balaban J connectivity index is 1.68. The lowest BCUT2D eigenvalue weighted by Crippen LogP contribution is -2.23. The molecule has 0 fully saturated rings. The largest absolute Gasteiger partial charge is 0.337 e. The van der Waals surface area contributed by atoms with Crippen LogP contribution in [0.5, 0.6) is 0 Å². The van der Waals surface area contributed by atoms with E-state index >= 15 is 0 Å². The first kappa shape index (κ1) is 12.8. The summed E-state index contributed by atoms with van der Waals surface area (Å²) in [4.78, 5) is 5.41. The molecule has 1 N–H and O–H groups in total. The summed E-state index contributed by atoms with van der Waals surface area (Å²) in [5.74, 6) is 0.604. The number of imidazole rings is 1. The van der Waals surface area contributed by atoms with E-state index in [0.29, 0.717) is 5.92 Å². The van der Waals surface area contributed by atoms with Gasteiger partial charge >= 0.3 is 0 Å². The third-order valence-corrected chi connectivity index (χ3v) is 4.13. The van der Waals surface area contributed by atoms with Crippen molar-refractivity contribution in [3.63, 3.8) is 0 Å². The maximum atomic E-state index is 4.04. The Hall–Kier alpha value is -0.650. The fourth-order valence-corrected chi connectivity index (χ4v) is 3.16. The number of nitrogens with zero attached hydrogens (tertiary/aromatic N) is 2. The van der Waals surface area contributed by atoms with Crippen LogP contribution in [0.3, 0.4) is 0 Å². The normalized spacial score (nSPS) is 12.8. The summed E-state index contributed by atoms with van der Waals surface area (Å²) < 4.78 is 3.31. The van der Waals surface area contributed by atoms with E-state index in [1.54, 1.807) is 11.3 Å². The van der Waals surface area contributed by atoms with Crippen LogP contribution in [0.4, 0.5) is 0 Å². The molecule has 5 heteroatoms. The van der Waals surface area contributed by atoms with E-state index in [1.807, 2.05) is 18.7 Å². The second-order valence-corrected chi connectivity index (χ2v) is 6.75. The van der Waals surface area contributed by atoms with Gasteiger partial charge in [0.25, 0.3) is 0 Å². The van der Waals surface area contributed by atoms with Crippen LogP contribution in [-0.4, -0.2) is 16.1 Å². The van der Waals surface area contributed by atoms with Gasteiger partial charge in [-0.15, -0.1) is 11.3 Å². The molecule has 0 aliphatic carbocycles. The van der Waals surface area contributed by atoms with Crippen molar-refractivity contribution in [2.75, 3.05) is 6.54 Å². The summed E-state index contributed by atoms with van der Waals surface area (Å²) in [6.45, 7) is 5.23. The van der Waals surface area contributed by atoms with E-state index in [2.05, 4.69) is 49.9 Å². The molecule has 0 bridgehead atoms. The Morgan fingerprint density at radius 1 is 1.53 bits per heavy atom. The van der Waals surface area contributed by atoms with Gasteiger partial charge in [0.05, 0.1) is 10.1 Å². The smallest absolute Gasteiger partial charge is 0.0946 e. The molecule has 0 saturated heterocycles. The molecule has 0 aliphatic heterocycles. The second-order valence-electron chi connectivity index (χ2n) is 4.20. The van der Waals surface area contributed by atoms with E-state index in [0.717, 1.165) is 19.6 Å². The molecule has 1 atom stereocenters. The third-order valence-electron chi connectivity index (χ3n) is 2.50. The molecule has 3 nitrogen and oxygen atoms in total. The standard InChI is InChI=1S/C12H16BrN3S/c1-10(8-16-5-4-14-9-16)6-15-7-11-2-3-12(13)17-11/h2-5,9-10,15H,6-8H2,1H3. The number of nitrogens with one attached hydrogen (secondary N) is 1. The summed E-state index contributed by atoms with van der Waals surface area (Å²) >= 11 is 5.26. The van der Waals surface area contributed by atoms with Crippen molar-refractivity contribution in [1.29, 1.82) is 0 Å². The van der Waals surface area contributed by atoms with Gasteiger partial charge in [-0.05, 0) is 40.5 Å². The Bertz CT molecular complexity index is 438. The lowest BCUT2D eigenvalue weighted by atomic mass is 10.2. The van der Waals surface area contributed by atoms with Gasteiger partial charge in [0, 0.05) is 30.4 Å². The molecule has 92 valence electrons. The summed E-state index contributed by atoms with van der Waals surface area (Å²) in [7, 11) is 0. The zero-order valence-corrected chi connectivity index (χ0v) is 12.2. The van der Waals surface area contributed by atoms with E-state index in [9.17, 15) is 0 Å². The maximum absolute atomic E-state index is 4.04. The van der Waals surface area contributed by atoms with Crippen molar-refractivity contribution in [2.24, 2.45) is 5.92 Å². The zero-order valence-electron chi connectivity index (χ0n) is 9.77. The molecule has 0 aliphatic rings. The summed E-state index contributed by atoms with van der Waals surface area (Å²) in [6.07, 6.45) is 5.70. The SMILES string of the molecule is CC(CNCc1ccc(Br)s1)Cn1ccnc1. The van der Waals surface area contributed by atoms with Gasteiger partial charge in [-0.2, -0.15) is 0 Å². The van der Waals surface area contributed by atoms with Gasteiger partial charge in [-0.25, -0.2) is 4.98 Å². The lowest BCUT2D eigenvalue weighted by Gasteiger charge is -2.12. The van der Waals surface area contributed by atoms with Crippen LogP contribution < -0.4 is 5.32 Å². The first-order valence-electron chi connectivity index (χ1n) is 5.64. The van der Waals surface area contributed by atoms with Gasteiger partial charge < -0.3 is 9.88 Å². The quantitative estimate of drug-likeness (QED) is 0.888. The van der Waals surface area contributed by atoms with Crippen LogP contribution in [0.2, 0.25) is 0 Å². The predicted octanol–water partition coefficient (Wildman–Crippen LogP) is 3.13. The van der Waals surface area contributed by atoms with Crippen LogP contribution in [-0.2, 0) is 13.1 Å². The first-order valence-corrected chi connectivity index (χ1v) is 7.25. The van der Waals surface area contributed by atoms with E-state index in [-0.39, 0.29) is 0 Å². The molecule has 0 amide bonds. The van der Waals surface area contributed by atoms with Gasteiger partial charge in [0.2, 0.25) is 0 Å². The number of aromatic nitrogens is 2. The molecule has 0 saturated carbocycles. The van der Waals surface area contributed by atoms with Crippen molar-refractivity contribution in [3.05, 3.63) is 39.5 Å². The van der Waals surface area contributed by atoms with E-state index in [4.69, 9.17) is 0 Å². The number of hydrogen-bond acceptors (Lipinski definition) is 3. The summed E-state index contributed by atoms with van der Waals surface area (Å²) in [5.41, 5.74) is 0. The lowest BCUT2D eigenvalue weighted by molar-refractivity contribution is 0.446. The molecule has 1 unspecified atom stereocenters. The Labute approximate surface area is 114 Å². The molecular weight excluding hydrogens is 298 g/mol. The topological polar surface area (TPSA) is 29.9 Å². The Kier molecular flexibility index (Phi) is 4.76. The van der Waals surface area contributed by atoms with Crippen LogP contribution in [0.1, 0.15) is 11.8 Å². The average Bonchev–Trinajstić information content (AvgIpc) is 2.90. The molecule has 2 aromatic heterocycles. The number of halogens is 1. The number of thiophene rings is 1. The van der Waals surface area contributed by atoms with Crippen molar-refractivity contribution < 1.29 is 0 Å². The van der Waals surface area contributed by atoms with E-state index < -0.39 is 0 Å². The summed E-state index contributed by atoms with van der Waals surface area (Å²) in [5, 5.41) is 3.48.